The summed E-state index contributed by atoms with van der Waals surface area (Å²) in [4.78, 5) is 12.2. The number of para-hydroxylation sites is 1. The summed E-state index contributed by atoms with van der Waals surface area (Å²) < 4.78 is 1.94. The van der Waals surface area contributed by atoms with Gasteiger partial charge in [-0.1, -0.05) is 24.3 Å². The molecule has 0 aliphatic carbocycles. The van der Waals surface area contributed by atoms with Crippen LogP contribution in [0.5, 0.6) is 0 Å². The van der Waals surface area contributed by atoms with Gasteiger partial charge in [-0.15, -0.1) is 0 Å². The number of anilines is 2. The number of nitrogen functional groups attached to an aromatic ring is 1. The lowest BCUT2D eigenvalue weighted by Gasteiger charge is -2.11. The number of aromatic nitrogens is 1. The van der Waals surface area contributed by atoms with Crippen molar-refractivity contribution in [3.63, 3.8) is 0 Å². The highest BCUT2D eigenvalue weighted by Gasteiger charge is 2.08. The molecule has 21 heavy (non-hydrogen) atoms. The second kappa shape index (κ2) is 5.32. The Morgan fingerprint density at radius 3 is 2.81 bits per heavy atom. The van der Waals surface area contributed by atoms with Crippen LogP contribution in [0, 0.1) is 6.92 Å². The second-order valence-electron chi connectivity index (χ2n) is 5.07. The van der Waals surface area contributed by atoms with Gasteiger partial charge in [-0.3, -0.25) is 4.79 Å². The molecule has 106 valence electrons. The summed E-state index contributed by atoms with van der Waals surface area (Å²) in [7, 11) is 0. The molecule has 1 heterocycles. The van der Waals surface area contributed by atoms with E-state index in [1.54, 1.807) is 0 Å². The fourth-order valence-corrected chi connectivity index (χ4v) is 2.41. The molecule has 1 aromatic heterocycles. The monoisotopic (exact) mass is 279 g/mol. The third-order valence-electron chi connectivity index (χ3n) is 3.64. The maximum absolute atomic E-state index is 12.2. The van der Waals surface area contributed by atoms with E-state index >= 15 is 0 Å². The van der Waals surface area contributed by atoms with Crippen molar-refractivity contribution < 1.29 is 4.79 Å². The molecule has 4 heteroatoms. The Kier molecular flexibility index (Phi) is 3.36. The Hall–Kier alpha value is -2.75. The van der Waals surface area contributed by atoms with Crippen LogP contribution in [0.4, 0.5) is 11.4 Å². The van der Waals surface area contributed by atoms with Crippen LogP contribution in [0.1, 0.15) is 5.56 Å². The first-order valence-corrected chi connectivity index (χ1v) is 6.84. The molecule has 0 aliphatic heterocycles. The number of benzene rings is 2. The van der Waals surface area contributed by atoms with E-state index in [2.05, 4.69) is 5.32 Å². The Balaban J connectivity index is 1.79. The molecule has 4 nitrogen and oxygen atoms in total. The fourth-order valence-electron chi connectivity index (χ4n) is 2.41. The topological polar surface area (TPSA) is 60.0 Å². The lowest BCUT2D eigenvalue weighted by molar-refractivity contribution is -0.116. The largest absolute Gasteiger partial charge is 0.398 e. The molecule has 0 saturated heterocycles. The average Bonchev–Trinajstić information content (AvgIpc) is 2.87. The minimum atomic E-state index is -0.0648. The van der Waals surface area contributed by atoms with Gasteiger partial charge in [0.15, 0.2) is 0 Å². The smallest absolute Gasteiger partial charge is 0.244 e. The maximum atomic E-state index is 12.2. The molecule has 3 rings (SSSR count). The summed E-state index contributed by atoms with van der Waals surface area (Å²) in [5.74, 6) is -0.0648. The van der Waals surface area contributed by atoms with Gasteiger partial charge < -0.3 is 15.6 Å². The minimum absolute atomic E-state index is 0.0648. The Bertz CT molecular complexity index is 805. The number of amides is 1. The molecule has 0 bridgehead atoms. The summed E-state index contributed by atoms with van der Waals surface area (Å²) in [6, 6.07) is 15.5. The van der Waals surface area contributed by atoms with Crippen molar-refractivity contribution in [1.29, 1.82) is 0 Å². The molecule has 0 fully saturated rings. The van der Waals surface area contributed by atoms with Gasteiger partial charge in [0.05, 0.1) is 0 Å². The fraction of sp³-hybridized carbons (Fsp3) is 0.118. The molecule has 3 N–H and O–H groups in total. The highest BCUT2D eigenvalue weighted by molar-refractivity contribution is 5.93. The van der Waals surface area contributed by atoms with Crippen molar-refractivity contribution in [2.45, 2.75) is 13.5 Å². The van der Waals surface area contributed by atoms with E-state index in [1.165, 1.54) is 0 Å². The number of nitrogens with zero attached hydrogens (tertiary/aromatic N) is 1. The van der Waals surface area contributed by atoms with Gasteiger partial charge in [-0.2, -0.15) is 0 Å². The van der Waals surface area contributed by atoms with Crippen molar-refractivity contribution >= 4 is 28.2 Å². The Labute approximate surface area is 123 Å². The number of hydrogen-bond acceptors (Lipinski definition) is 2. The predicted octanol–water partition coefficient (Wildman–Crippen LogP) is 3.17. The van der Waals surface area contributed by atoms with Crippen LogP contribution in [-0.4, -0.2) is 10.5 Å². The van der Waals surface area contributed by atoms with E-state index < -0.39 is 0 Å². The van der Waals surface area contributed by atoms with Crippen LogP contribution in [0.2, 0.25) is 0 Å². The molecule has 2 aromatic carbocycles. The Morgan fingerprint density at radius 1 is 1.14 bits per heavy atom. The van der Waals surface area contributed by atoms with E-state index in [0.717, 1.165) is 22.2 Å². The van der Waals surface area contributed by atoms with Crippen molar-refractivity contribution in [1.82, 2.24) is 4.57 Å². The lowest BCUT2D eigenvalue weighted by atomic mass is 10.1. The number of carbonyl (C=O) groups is 1. The third-order valence-corrected chi connectivity index (χ3v) is 3.64. The summed E-state index contributed by atoms with van der Waals surface area (Å²) in [6.45, 7) is 2.18. The standard InChI is InChI=1S/C17H17N3O/c1-12-14(18)6-4-7-15(12)19-17(21)11-20-10-9-13-5-2-3-8-16(13)20/h2-10H,11,18H2,1H3,(H,19,21). The van der Waals surface area contributed by atoms with Gasteiger partial charge in [-0.25, -0.2) is 0 Å². The highest BCUT2D eigenvalue weighted by Crippen LogP contribution is 2.21. The van der Waals surface area contributed by atoms with Gasteiger partial charge in [0.25, 0.3) is 0 Å². The zero-order valence-corrected chi connectivity index (χ0v) is 11.8. The first kappa shape index (κ1) is 13.2. The molecular weight excluding hydrogens is 262 g/mol. The molecule has 0 aliphatic rings. The molecule has 1 amide bonds. The normalized spacial score (nSPS) is 10.7. The van der Waals surface area contributed by atoms with E-state index in [-0.39, 0.29) is 12.5 Å². The van der Waals surface area contributed by atoms with Crippen molar-refractivity contribution in [3.05, 3.63) is 60.3 Å². The quantitative estimate of drug-likeness (QED) is 0.723. The number of nitrogens with two attached hydrogens (primary N) is 1. The number of hydrogen-bond donors (Lipinski definition) is 2. The Morgan fingerprint density at radius 2 is 1.95 bits per heavy atom. The van der Waals surface area contributed by atoms with E-state index in [0.29, 0.717) is 5.69 Å². The molecule has 0 unspecified atom stereocenters. The van der Waals surface area contributed by atoms with Gasteiger partial charge in [0.2, 0.25) is 5.91 Å². The zero-order valence-electron chi connectivity index (χ0n) is 11.8. The van der Waals surface area contributed by atoms with Gasteiger partial charge in [0.1, 0.15) is 6.54 Å². The summed E-state index contributed by atoms with van der Waals surface area (Å²) in [6.07, 6.45) is 1.93. The number of carbonyl (C=O) groups excluding carboxylic acids is 1. The second-order valence-corrected chi connectivity index (χ2v) is 5.07. The molecule has 3 aromatic rings. The van der Waals surface area contributed by atoms with E-state index in [9.17, 15) is 4.79 Å². The van der Waals surface area contributed by atoms with Gasteiger partial charge in [-0.05, 0) is 42.1 Å². The number of nitrogens with one attached hydrogen (secondary N) is 1. The highest BCUT2D eigenvalue weighted by atomic mass is 16.1. The zero-order chi connectivity index (χ0) is 14.8. The van der Waals surface area contributed by atoms with E-state index in [1.807, 2.05) is 66.2 Å². The van der Waals surface area contributed by atoms with Crippen LogP contribution in [0.3, 0.4) is 0 Å². The third kappa shape index (κ3) is 2.60. The SMILES string of the molecule is Cc1c(N)cccc1NC(=O)Cn1ccc2ccccc21. The van der Waals surface area contributed by atoms with Crippen LogP contribution >= 0.6 is 0 Å². The van der Waals surface area contributed by atoms with Crippen molar-refractivity contribution in [2.75, 3.05) is 11.1 Å². The molecule has 0 spiro atoms. The van der Waals surface area contributed by atoms with Crippen LogP contribution in [0.15, 0.2) is 54.7 Å². The van der Waals surface area contributed by atoms with Crippen LogP contribution < -0.4 is 11.1 Å². The van der Waals surface area contributed by atoms with Crippen LogP contribution in [0.25, 0.3) is 10.9 Å². The molecular formula is C17H17N3O. The predicted molar refractivity (Wildman–Crippen MR) is 86.2 cm³/mol. The minimum Gasteiger partial charge on any atom is -0.398 e. The lowest BCUT2D eigenvalue weighted by Crippen LogP contribution is -2.19. The number of rotatable bonds is 3. The first-order valence-electron chi connectivity index (χ1n) is 6.84. The molecule has 0 saturated carbocycles. The number of fused-ring (bicyclic) bond motifs is 1. The molecule has 0 atom stereocenters. The van der Waals surface area contributed by atoms with Crippen LogP contribution in [-0.2, 0) is 11.3 Å². The summed E-state index contributed by atoms with van der Waals surface area (Å²) in [5, 5.41) is 4.04. The van der Waals surface area contributed by atoms with Crippen molar-refractivity contribution in [3.8, 4) is 0 Å². The van der Waals surface area contributed by atoms with E-state index in [4.69, 9.17) is 5.73 Å². The summed E-state index contributed by atoms with van der Waals surface area (Å²) in [5.41, 5.74) is 9.24. The van der Waals surface area contributed by atoms with Gasteiger partial charge >= 0.3 is 0 Å². The molecule has 0 radical (unpaired) electrons. The maximum Gasteiger partial charge on any atom is 0.244 e. The van der Waals surface area contributed by atoms with Gasteiger partial charge in [0, 0.05) is 23.1 Å². The van der Waals surface area contributed by atoms with Crippen molar-refractivity contribution in [2.24, 2.45) is 0 Å². The first-order chi connectivity index (χ1) is 10.1. The average molecular weight is 279 g/mol. The summed E-state index contributed by atoms with van der Waals surface area (Å²) >= 11 is 0.